The fourth-order valence-corrected chi connectivity index (χ4v) is 3.16. The van der Waals surface area contributed by atoms with Crippen molar-refractivity contribution in [3.63, 3.8) is 0 Å². The van der Waals surface area contributed by atoms with Crippen LogP contribution in [0.3, 0.4) is 0 Å². The van der Waals surface area contributed by atoms with Crippen LogP contribution in [0.2, 0.25) is 0 Å². The molecule has 0 radical (unpaired) electrons. The molecule has 1 N–H and O–H groups in total. The first kappa shape index (κ1) is 14.2. The summed E-state index contributed by atoms with van der Waals surface area (Å²) in [5.74, 6) is 0.631. The van der Waals surface area contributed by atoms with Gasteiger partial charge in [0, 0.05) is 10.5 Å². The van der Waals surface area contributed by atoms with Crippen molar-refractivity contribution in [1.82, 2.24) is 0 Å². The molecule has 0 bridgehead atoms. The van der Waals surface area contributed by atoms with E-state index >= 15 is 0 Å². The van der Waals surface area contributed by atoms with E-state index in [0.717, 1.165) is 34.1 Å². The summed E-state index contributed by atoms with van der Waals surface area (Å²) in [5, 5.41) is 12.8. The van der Waals surface area contributed by atoms with Crippen LogP contribution in [-0.2, 0) is 0 Å². The molecule has 1 fully saturated rings. The van der Waals surface area contributed by atoms with Crippen LogP contribution in [0.15, 0.2) is 46.9 Å². The van der Waals surface area contributed by atoms with E-state index in [2.05, 4.69) is 51.6 Å². The normalized spacial score (nSPS) is 20.4. The van der Waals surface area contributed by atoms with E-state index in [-0.39, 0.29) is 0 Å². The molecule has 1 aliphatic carbocycles. The summed E-state index contributed by atoms with van der Waals surface area (Å²) in [4.78, 5) is 0. The molecule has 0 amide bonds. The molecule has 3 rings (SSSR count). The summed E-state index contributed by atoms with van der Waals surface area (Å²) in [6, 6.07) is 17.3. The third-order valence-corrected chi connectivity index (χ3v) is 4.75. The van der Waals surface area contributed by atoms with Gasteiger partial charge in [0.05, 0.1) is 11.3 Å². The summed E-state index contributed by atoms with van der Waals surface area (Å²) in [6.07, 6.45) is 2.25. The summed E-state index contributed by atoms with van der Waals surface area (Å²) in [7, 11) is 0. The molecule has 3 heteroatoms. The van der Waals surface area contributed by atoms with Crippen LogP contribution in [0.1, 0.15) is 35.4 Å². The van der Waals surface area contributed by atoms with Crippen molar-refractivity contribution < 1.29 is 0 Å². The summed E-state index contributed by atoms with van der Waals surface area (Å²) >= 11 is 3.47. The van der Waals surface area contributed by atoms with E-state index in [1.807, 2.05) is 25.1 Å². The molecule has 2 nitrogen and oxygen atoms in total. The van der Waals surface area contributed by atoms with Crippen molar-refractivity contribution in [3.8, 4) is 6.07 Å². The molecule has 1 saturated carbocycles. The highest BCUT2D eigenvalue weighted by atomic mass is 79.9. The predicted molar refractivity (Wildman–Crippen MR) is 89.4 cm³/mol. The Balaban J connectivity index is 1.64. The maximum atomic E-state index is 9.26. The van der Waals surface area contributed by atoms with Crippen LogP contribution in [0, 0.1) is 18.3 Å². The number of hydrogen-bond donors (Lipinski definition) is 1. The third kappa shape index (κ3) is 2.96. The quantitative estimate of drug-likeness (QED) is 0.854. The fourth-order valence-electron chi connectivity index (χ4n) is 2.90. The van der Waals surface area contributed by atoms with Crippen molar-refractivity contribution in [2.24, 2.45) is 0 Å². The van der Waals surface area contributed by atoms with Gasteiger partial charge in [-0.2, -0.15) is 5.26 Å². The molecule has 2 aromatic rings. The average Bonchev–Trinajstić information content (AvgIpc) is 2.44. The van der Waals surface area contributed by atoms with Crippen molar-refractivity contribution in [2.75, 3.05) is 5.32 Å². The van der Waals surface area contributed by atoms with Crippen LogP contribution in [0.4, 0.5) is 5.69 Å². The molecule has 21 heavy (non-hydrogen) atoms. The Bertz CT molecular complexity index is 679. The van der Waals surface area contributed by atoms with Crippen LogP contribution >= 0.6 is 15.9 Å². The van der Waals surface area contributed by atoms with Crippen LogP contribution in [0.5, 0.6) is 0 Å². The van der Waals surface area contributed by atoms with E-state index in [0.29, 0.717) is 12.0 Å². The number of nitriles is 1. The second kappa shape index (κ2) is 5.91. The zero-order valence-corrected chi connectivity index (χ0v) is 13.5. The lowest BCUT2D eigenvalue weighted by molar-refractivity contribution is 0.374. The van der Waals surface area contributed by atoms with E-state index in [1.165, 1.54) is 5.56 Å². The molecule has 1 aliphatic rings. The molecule has 0 atom stereocenters. The molecule has 0 aromatic heterocycles. The Morgan fingerprint density at radius 3 is 2.52 bits per heavy atom. The van der Waals surface area contributed by atoms with Crippen LogP contribution in [-0.4, -0.2) is 6.04 Å². The maximum Gasteiger partial charge on any atom is 0.102 e. The number of aryl methyl sites for hydroxylation is 1. The minimum atomic E-state index is 0.465. The van der Waals surface area contributed by atoms with Gasteiger partial charge >= 0.3 is 0 Å². The lowest BCUT2D eigenvalue weighted by Crippen LogP contribution is -2.34. The largest absolute Gasteiger partial charge is 0.381 e. The van der Waals surface area contributed by atoms with Crippen molar-refractivity contribution in [3.05, 3.63) is 63.6 Å². The molecule has 0 spiro atoms. The summed E-state index contributed by atoms with van der Waals surface area (Å²) in [6.45, 7) is 1.98. The van der Waals surface area contributed by atoms with Crippen molar-refractivity contribution >= 4 is 21.6 Å². The fraction of sp³-hybridized carbons (Fsp3) is 0.278. The van der Waals surface area contributed by atoms with E-state index in [4.69, 9.17) is 0 Å². The average molecular weight is 341 g/mol. The first-order valence-corrected chi connectivity index (χ1v) is 7.98. The number of hydrogen-bond acceptors (Lipinski definition) is 2. The highest BCUT2D eigenvalue weighted by molar-refractivity contribution is 9.10. The lowest BCUT2D eigenvalue weighted by atomic mass is 9.76. The zero-order chi connectivity index (χ0) is 14.8. The van der Waals surface area contributed by atoms with Gasteiger partial charge in [-0.15, -0.1) is 0 Å². The zero-order valence-electron chi connectivity index (χ0n) is 11.9. The predicted octanol–water partition coefficient (Wildman–Crippen LogP) is 4.99. The van der Waals surface area contributed by atoms with Gasteiger partial charge in [0.1, 0.15) is 6.07 Å². The van der Waals surface area contributed by atoms with Gasteiger partial charge in [-0.25, -0.2) is 0 Å². The van der Waals surface area contributed by atoms with Gasteiger partial charge in [0.15, 0.2) is 0 Å². The van der Waals surface area contributed by atoms with Crippen LogP contribution < -0.4 is 5.32 Å². The molecular weight excluding hydrogens is 324 g/mol. The molecule has 2 aromatic carbocycles. The lowest BCUT2D eigenvalue weighted by Gasteiger charge is -2.37. The summed E-state index contributed by atoms with van der Waals surface area (Å²) in [5.41, 5.74) is 4.17. The number of benzene rings is 2. The Morgan fingerprint density at radius 1 is 1.14 bits per heavy atom. The van der Waals surface area contributed by atoms with Crippen molar-refractivity contribution in [1.29, 1.82) is 5.26 Å². The van der Waals surface area contributed by atoms with Gasteiger partial charge < -0.3 is 5.32 Å². The first-order valence-electron chi connectivity index (χ1n) is 7.19. The van der Waals surface area contributed by atoms with Gasteiger partial charge in [0.2, 0.25) is 0 Å². The third-order valence-electron chi connectivity index (χ3n) is 4.22. The number of anilines is 1. The van der Waals surface area contributed by atoms with Gasteiger partial charge in [-0.1, -0.05) is 40.2 Å². The Labute approximate surface area is 133 Å². The van der Waals surface area contributed by atoms with Crippen molar-refractivity contribution in [2.45, 2.75) is 31.7 Å². The Morgan fingerprint density at radius 2 is 1.86 bits per heavy atom. The van der Waals surface area contributed by atoms with E-state index in [9.17, 15) is 5.26 Å². The second-order valence-corrected chi connectivity index (χ2v) is 6.59. The SMILES string of the molecule is Cc1cccc(NC2CC(c3ccc(Br)cc3)C2)c1C#N. The highest BCUT2D eigenvalue weighted by Gasteiger charge is 2.30. The Kier molecular flexibility index (Phi) is 3.98. The molecular formula is C18H17BrN2. The van der Waals surface area contributed by atoms with Crippen LogP contribution in [0.25, 0.3) is 0 Å². The van der Waals surface area contributed by atoms with Gasteiger partial charge in [-0.3, -0.25) is 0 Å². The minimum absolute atomic E-state index is 0.465. The van der Waals surface area contributed by atoms with E-state index < -0.39 is 0 Å². The maximum absolute atomic E-state index is 9.26. The molecule has 0 unspecified atom stereocenters. The number of nitrogens with zero attached hydrogens (tertiary/aromatic N) is 1. The molecule has 0 saturated heterocycles. The standard InChI is InChI=1S/C18H17BrN2/c1-12-3-2-4-18(17(12)11-20)21-16-9-14(10-16)13-5-7-15(19)8-6-13/h2-8,14,16,21H,9-10H2,1H3. The van der Waals surface area contributed by atoms with Gasteiger partial charge in [-0.05, 0) is 55.0 Å². The number of rotatable bonds is 3. The second-order valence-electron chi connectivity index (χ2n) is 5.67. The monoisotopic (exact) mass is 340 g/mol. The topological polar surface area (TPSA) is 35.8 Å². The summed E-state index contributed by atoms with van der Waals surface area (Å²) < 4.78 is 1.12. The highest BCUT2D eigenvalue weighted by Crippen LogP contribution is 2.39. The smallest absolute Gasteiger partial charge is 0.102 e. The Hall–Kier alpha value is -1.79. The number of halogens is 1. The minimum Gasteiger partial charge on any atom is -0.381 e. The molecule has 0 heterocycles. The molecule has 106 valence electrons. The first-order chi connectivity index (χ1) is 10.2. The van der Waals surface area contributed by atoms with E-state index in [1.54, 1.807) is 0 Å². The molecule has 0 aliphatic heterocycles. The number of nitrogens with one attached hydrogen (secondary N) is 1. The van der Waals surface area contributed by atoms with Gasteiger partial charge in [0.25, 0.3) is 0 Å².